The van der Waals surface area contributed by atoms with Crippen molar-refractivity contribution < 1.29 is 5.11 Å². The molecule has 0 heterocycles. The van der Waals surface area contributed by atoms with Crippen molar-refractivity contribution in [1.29, 1.82) is 0 Å². The Labute approximate surface area is 69.1 Å². The maximum Gasteiger partial charge on any atom is 0.0543 e. The molecule has 0 bridgehead atoms. The van der Waals surface area contributed by atoms with Gasteiger partial charge in [0.2, 0.25) is 0 Å². The molecule has 1 saturated carbocycles. The molecule has 0 spiro atoms. The first-order chi connectivity index (χ1) is 5.33. The van der Waals surface area contributed by atoms with Crippen LogP contribution in [0, 0.1) is 5.92 Å². The van der Waals surface area contributed by atoms with Gasteiger partial charge in [-0.05, 0) is 38.5 Å². The van der Waals surface area contributed by atoms with Crippen LogP contribution in [0.2, 0.25) is 0 Å². The highest BCUT2D eigenvalue weighted by molar-refractivity contribution is 4.83. The van der Waals surface area contributed by atoms with Gasteiger partial charge in [0, 0.05) is 0 Å². The Morgan fingerprint density at radius 3 is 2.91 bits per heavy atom. The van der Waals surface area contributed by atoms with Crippen molar-refractivity contribution >= 4 is 0 Å². The molecule has 0 saturated heterocycles. The molecule has 0 amide bonds. The number of hydrogen-bond acceptors (Lipinski definition) is 1. The molecule has 1 fully saturated rings. The van der Waals surface area contributed by atoms with E-state index >= 15 is 0 Å². The first-order valence-corrected chi connectivity index (χ1v) is 4.62. The zero-order valence-electron chi connectivity index (χ0n) is 7.29. The second-order valence-electron chi connectivity index (χ2n) is 3.49. The second-order valence-corrected chi connectivity index (χ2v) is 3.49. The fourth-order valence-electron chi connectivity index (χ4n) is 1.81. The molecule has 1 N–H and O–H groups in total. The summed E-state index contributed by atoms with van der Waals surface area (Å²) in [6.07, 6.45) is 10.0. The third-order valence-electron chi connectivity index (χ3n) is 2.46. The van der Waals surface area contributed by atoms with Crippen LogP contribution in [-0.2, 0) is 0 Å². The van der Waals surface area contributed by atoms with Gasteiger partial charge in [0.1, 0.15) is 0 Å². The molecule has 0 aliphatic heterocycles. The van der Waals surface area contributed by atoms with Crippen molar-refractivity contribution in [3.8, 4) is 0 Å². The lowest BCUT2D eigenvalue weighted by Crippen LogP contribution is -2.18. The van der Waals surface area contributed by atoms with Crippen LogP contribution in [0.4, 0.5) is 0 Å². The van der Waals surface area contributed by atoms with Gasteiger partial charge in [-0.3, -0.25) is 0 Å². The van der Waals surface area contributed by atoms with Crippen LogP contribution in [0.1, 0.15) is 39.0 Å². The molecular weight excluding hydrogens is 136 g/mol. The number of rotatable bonds is 2. The molecule has 1 aliphatic rings. The second kappa shape index (κ2) is 4.55. The van der Waals surface area contributed by atoms with Gasteiger partial charge in [-0.25, -0.2) is 0 Å². The fourth-order valence-corrected chi connectivity index (χ4v) is 1.81. The minimum absolute atomic E-state index is 0.0148. The van der Waals surface area contributed by atoms with E-state index in [1.165, 1.54) is 12.8 Å². The summed E-state index contributed by atoms with van der Waals surface area (Å²) in [7, 11) is 0. The smallest absolute Gasteiger partial charge is 0.0543 e. The van der Waals surface area contributed by atoms with Crippen LogP contribution >= 0.6 is 0 Å². The number of allylic oxidation sites excluding steroid dienone is 2. The lowest BCUT2D eigenvalue weighted by molar-refractivity contribution is 0.102. The van der Waals surface area contributed by atoms with Gasteiger partial charge in [-0.2, -0.15) is 0 Å². The Bertz CT molecular complexity index is 129. The largest absolute Gasteiger partial charge is 0.393 e. The van der Waals surface area contributed by atoms with Gasteiger partial charge >= 0.3 is 0 Å². The van der Waals surface area contributed by atoms with Gasteiger partial charge in [-0.15, -0.1) is 0 Å². The fraction of sp³-hybridized carbons (Fsp3) is 0.800. The number of aliphatic hydroxyl groups excluding tert-OH is 1. The maximum atomic E-state index is 9.35. The Balaban J connectivity index is 2.22. The first-order valence-electron chi connectivity index (χ1n) is 4.62. The van der Waals surface area contributed by atoms with E-state index in [-0.39, 0.29) is 6.10 Å². The van der Waals surface area contributed by atoms with E-state index in [1.54, 1.807) is 0 Å². The lowest BCUT2D eigenvalue weighted by Gasteiger charge is -2.24. The molecule has 2 atom stereocenters. The average Bonchev–Trinajstić information content (AvgIpc) is 2.01. The summed E-state index contributed by atoms with van der Waals surface area (Å²) in [5.74, 6) is 0.745. The summed E-state index contributed by atoms with van der Waals surface area (Å²) in [5, 5.41) is 9.35. The predicted molar refractivity (Wildman–Crippen MR) is 47.4 cm³/mol. The summed E-state index contributed by atoms with van der Waals surface area (Å²) in [5.41, 5.74) is 0. The highest BCUT2D eigenvalue weighted by Gasteiger charge is 2.18. The Kier molecular flexibility index (Phi) is 3.64. The molecule has 64 valence electrons. The minimum Gasteiger partial charge on any atom is -0.393 e. The molecule has 0 aromatic heterocycles. The van der Waals surface area contributed by atoms with Crippen molar-refractivity contribution in [2.45, 2.75) is 45.1 Å². The average molecular weight is 154 g/mol. The molecule has 0 radical (unpaired) electrons. The van der Waals surface area contributed by atoms with E-state index in [1.807, 2.05) is 0 Å². The molecule has 1 aliphatic carbocycles. The summed E-state index contributed by atoms with van der Waals surface area (Å²) in [6, 6.07) is 0. The van der Waals surface area contributed by atoms with E-state index in [0.29, 0.717) is 0 Å². The predicted octanol–water partition coefficient (Wildman–Crippen LogP) is 2.50. The van der Waals surface area contributed by atoms with Gasteiger partial charge in [0.05, 0.1) is 6.10 Å². The summed E-state index contributed by atoms with van der Waals surface area (Å²) < 4.78 is 0. The van der Waals surface area contributed by atoms with Gasteiger partial charge < -0.3 is 5.11 Å². The topological polar surface area (TPSA) is 20.2 Å². The van der Waals surface area contributed by atoms with Crippen molar-refractivity contribution in [3.05, 3.63) is 12.2 Å². The highest BCUT2D eigenvalue weighted by Crippen LogP contribution is 2.26. The summed E-state index contributed by atoms with van der Waals surface area (Å²) in [6.45, 7) is 2.05. The molecule has 2 unspecified atom stereocenters. The molecule has 1 heteroatoms. The monoisotopic (exact) mass is 154 g/mol. The molecular formula is C10H18O. The molecule has 1 nitrogen and oxygen atoms in total. The Morgan fingerprint density at radius 2 is 2.27 bits per heavy atom. The van der Waals surface area contributed by atoms with Crippen LogP contribution in [-0.4, -0.2) is 11.2 Å². The van der Waals surface area contributed by atoms with Crippen molar-refractivity contribution in [1.82, 2.24) is 0 Å². The van der Waals surface area contributed by atoms with Crippen LogP contribution in [0.3, 0.4) is 0 Å². The van der Waals surface area contributed by atoms with Crippen molar-refractivity contribution in [2.24, 2.45) is 5.92 Å². The molecule has 0 aromatic carbocycles. The zero-order chi connectivity index (χ0) is 8.10. The third kappa shape index (κ3) is 3.06. The van der Waals surface area contributed by atoms with Gasteiger partial charge in [0.25, 0.3) is 0 Å². The zero-order valence-corrected chi connectivity index (χ0v) is 7.29. The van der Waals surface area contributed by atoms with Gasteiger partial charge in [-0.1, -0.05) is 18.6 Å². The maximum absolute atomic E-state index is 9.35. The van der Waals surface area contributed by atoms with E-state index in [4.69, 9.17) is 0 Å². The van der Waals surface area contributed by atoms with Crippen molar-refractivity contribution in [2.75, 3.05) is 0 Å². The Morgan fingerprint density at radius 1 is 1.45 bits per heavy atom. The number of aliphatic hydroxyl groups is 1. The summed E-state index contributed by atoms with van der Waals surface area (Å²) >= 11 is 0. The van der Waals surface area contributed by atoms with Gasteiger partial charge in [0.15, 0.2) is 0 Å². The van der Waals surface area contributed by atoms with Crippen LogP contribution in [0.15, 0.2) is 12.2 Å². The highest BCUT2D eigenvalue weighted by atomic mass is 16.3. The van der Waals surface area contributed by atoms with Crippen LogP contribution in [0.25, 0.3) is 0 Å². The van der Waals surface area contributed by atoms with Crippen LogP contribution in [0.5, 0.6) is 0 Å². The number of hydrogen-bond donors (Lipinski definition) is 1. The quantitative estimate of drug-likeness (QED) is 0.606. The SMILES string of the molecule is C/C=C/CC1CCCC(O)C1. The normalized spacial score (nSPS) is 32.9. The standard InChI is InChI=1S/C10H18O/c1-2-3-5-9-6-4-7-10(11)8-9/h2-3,9-11H,4-8H2,1H3/b3-2+. The lowest BCUT2D eigenvalue weighted by atomic mass is 9.85. The Hall–Kier alpha value is -0.300. The third-order valence-corrected chi connectivity index (χ3v) is 2.46. The minimum atomic E-state index is -0.0148. The van der Waals surface area contributed by atoms with E-state index in [9.17, 15) is 5.11 Å². The van der Waals surface area contributed by atoms with Crippen molar-refractivity contribution in [3.63, 3.8) is 0 Å². The first kappa shape index (κ1) is 8.79. The van der Waals surface area contributed by atoms with E-state index in [0.717, 1.165) is 25.2 Å². The van der Waals surface area contributed by atoms with E-state index in [2.05, 4.69) is 19.1 Å². The molecule has 0 aromatic rings. The molecule has 11 heavy (non-hydrogen) atoms. The van der Waals surface area contributed by atoms with Crippen LogP contribution < -0.4 is 0 Å². The summed E-state index contributed by atoms with van der Waals surface area (Å²) in [4.78, 5) is 0. The molecule has 1 rings (SSSR count). The van der Waals surface area contributed by atoms with E-state index < -0.39 is 0 Å².